The van der Waals surface area contributed by atoms with Crippen molar-refractivity contribution in [3.05, 3.63) is 47.5 Å². The number of amides is 1. The third-order valence-corrected chi connectivity index (χ3v) is 3.25. The van der Waals surface area contributed by atoms with Crippen LogP contribution in [0.5, 0.6) is 5.75 Å². The van der Waals surface area contributed by atoms with Crippen molar-refractivity contribution < 1.29 is 18.7 Å². The number of ether oxygens (including phenoxy) is 2. The summed E-state index contributed by atoms with van der Waals surface area (Å²) in [6, 6.07) is 7.40. The summed E-state index contributed by atoms with van der Waals surface area (Å²) in [6.45, 7) is 2.58. The summed E-state index contributed by atoms with van der Waals surface area (Å²) < 4.78 is 23.5. The maximum atomic E-state index is 13.1. The van der Waals surface area contributed by atoms with E-state index in [4.69, 9.17) is 9.47 Å². The monoisotopic (exact) mass is 321 g/mol. The third-order valence-electron chi connectivity index (χ3n) is 3.25. The number of methoxy groups -OCH3 is 1. The summed E-state index contributed by atoms with van der Waals surface area (Å²) in [5.74, 6) is -0.227. The molecule has 0 saturated heterocycles. The van der Waals surface area contributed by atoms with E-state index in [1.807, 2.05) is 6.92 Å². The lowest BCUT2D eigenvalue weighted by atomic mass is 10.2. The van der Waals surface area contributed by atoms with Gasteiger partial charge in [-0.3, -0.25) is 9.89 Å². The van der Waals surface area contributed by atoms with Crippen LogP contribution in [0.3, 0.4) is 0 Å². The fraction of sp³-hybridized carbons (Fsp3) is 0.375. The normalized spacial score (nSPS) is 12.0. The molecule has 0 aliphatic heterocycles. The number of benzene rings is 1. The van der Waals surface area contributed by atoms with E-state index in [9.17, 15) is 9.18 Å². The Hall–Kier alpha value is -2.41. The maximum Gasteiger partial charge on any atom is 0.272 e. The van der Waals surface area contributed by atoms with Gasteiger partial charge in [0.05, 0.1) is 18.3 Å². The Balaban J connectivity index is 1.90. The van der Waals surface area contributed by atoms with Crippen LogP contribution in [-0.2, 0) is 11.3 Å². The minimum absolute atomic E-state index is 0.0591. The number of rotatable bonds is 8. The molecule has 0 aliphatic rings. The van der Waals surface area contributed by atoms with E-state index in [2.05, 4.69) is 15.5 Å². The minimum Gasteiger partial charge on any atom is -0.487 e. The number of aromatic nitrogens is 2. The van der Waals surface area contributed by atoms with E-state index < -0.39 is 0 Å². The lowest BCUT2D eigenvalue weighted by Gasteiger charge is -2.14. The topological polar surface area (TPSA) is 76.2 Å². The average molecular weight is 321 g/mol. The Morgan fingerprint density at radius 2 is 2.26 bits per heavy atom. The van der Waals surface area contributed by atoms with Crippen molar-refractivity contribution in [2.75, 3.05) is 13.7 Å². The van der Waals surface area contributed by atoms with Crippen LogP contribution in [0.2, 0.25) is 0 Å². The summed E-state index contributed by atoms with van der Waals surface area (Å²) in [6.07, 6.45) is 0.763. The molecule has 0 bridgehead atoms. The molecular formula is C16H20FN3O3. The number of hydrogen-bond acceptors (Lipinski definition) is 4. The maximum absolute atomic E-state index is 13.1. The standard InChI is InChI=1S/C16H20FN3O3/c1-3-12(9-22-2)18-16(21)15-8-13(19-20-15)10-23-14-6-4-5-11(17)7-14/h4-8,12H,3,9-10H2,1-2H3,(H,18,21)(H,19,20)/t12-/m0/s1. The van der Waals surface area contributed by atoms with Crippen molar-refractivity contribution in [3.8, 4) is 5.75 Å². The summed E-state index contributed by atoms with van der Waals surface area (Å²) in [5.41, 5.74) is 0.900. The molecule has 0 fully saturated rings. The van der Waals surface area contributed by atoms with E-state index in [0.717, 1.165) is 6.42 Å². The van der Waals surface area contributed by atoms with Crippen molar-refractivity contribution in [2.24, 2.45) is 0 Å². The molecule has 0 aliphatic carbocycles. The molecule has 0 radical (unpaired) electrons. The van der Waals surface area contributed by atoms with E-state index in [-0.39, 0.29) is 30.1 Å². The Morgan fingerprint density at radius 1 is 1.43 bits per heavy atom. The summed E-state index contributed by atoms with van der Waals surface area (Å²) in [4.78, 5) is 12.1. The van der Waals surface area contributed by atoms with Gasteiger partial charge in [0.25, 0.3) is 5.91 Å². The predicted molar refractivity (Wildman–Crippen MR) is 82.7 cm³/mol. The lowest BCUT2D eigenvalue weighted by Crippen LogP contribution is -2.37. The molecular weight excluding hydrogens is 301 g/mol. The molecule has 1 aromatic carbocycles. The summed E-state index contributed by atoms with van der Waals surface area (Å²) >= 11 is 0. The molecule has 6 nitrogen and oxygen atoms in total. The molecule has 0 saturated carbocycles. The number of carbonyl (C=O) groups is 1. The SMILES string of the molecule is CC[C@@H](COC)NC(=O)c1cc(COc2cccc(F)c2)[nH]n1. The molecule has 124 valence electrons. The zero-order chi connectivity index (χ0) is 16.7. The summed E-state index contributed by atoms with van der Waals surface area (Å²) in [7, 11) is 1.59. The molecule has 1 amide bonds. The number of H-pyrrole nitrogens is 1. The Morgan fingerprint density at radius 3 is 2.96 bits per heavy atom. The van der Waals surface area contributed by atoms with Crippen molar-refractivity contribution in [1.82, 2.24) is 15.5 Å². The van der Waals surface area contributed by atoms with Crippen LogP contribution >= 0.6 is 0 Å². The van der Waals surface area contributed by atoms with Crippen molar-refractivity contribution >= 4 is 5.91 Å². The highest BCUT2D eigenvalue weighted by Gasteiger charge is 2.15. The number of nitrogens with one attached hydrogen (secondary N) is 2. The summed E-state index contributed by atoms with van der Waals surface area (Å²) in [5, 5.41) is 9.54. The number of nitrogens with zero attached hydrogens (tertiary/aromatic N) is 1. The predicted octanol–water partition coefficient (Wildman–Crippen LogP) is 2.28. The fourth-order valence-corrected chi connectivity index (χ4v) is 1.99. The van der Waals surface area contributed by atoms with Gasteiger partial charge in [-0.1, -0.05) is 13.0 Å². The quantitative estimate of drug-likeness (QED) is 0.782. The number of carbonyl (C=O) groups excluding carboxylic acids is 1. The van der Waals surface area contributed by atoms with E-state index >= 15 is 0 Å². The van der Waals surface area contributed by atoms with Crippen LogP contribution in [0.4, 0.5) is 4.39 Å². The van der Waals surface area contributed by atoms with Gasteiger partial charge in [0.2, 0.25) is 0 Å². The van der Waals surface area contributed by atoms with Gasteiger partial charge in [-0.05, 0) is 24.6 Å². The number of halogens is 1. The van der Waals surface area contributed by atoms with Gasteiger partial charge in [-0.15, -0.1) is 0 Å². The molecule has 0 spiro atoms. The van der Waals surface area contributed by atoms with Crippen molar-refractivity contribution in [2.45, 2.75) is 26.0 Å². The van der Waals surface area contributed by atoms with Gasteiger partial charge in [0.15, 0.2) is 0 Å². The highest BCUT2D eigenvalue weighted by Crippen LogP contribution is 2.13. The first kappa shape index (κ1) is 17.0. The molecule has 2 N–H and O–H groups in total. The Labute approximate surface area is 134 Å². The van der Waals surface area contributed by atoms with E-state index in [1.165, 1.54) is 12.1 Å². The van der Waals surface area contributed by atoms with Gasteiger partial charge in [0, 0.05) is 13.2 Å². The second-order valence-electron chi connectivity index (χ2n) is 5.06. The second kappa shape index (κ2) is 8.28. The van der Waals surface area contributed by atoms with Crippen LogP contribution in [0, 0.1) is 5.82 Å². The number of hydrogen-bond donors (Lipinski definition) is 2. The van der Waals surface area contributed by atoms with Crippen LogP contribution in [-0.4, -0.2) is 35.9 Å². The lowest BCUT2D eigenvalue weighted by molar-refractivity contribution is 0.0889. The zero-order valence-electron chi connectivity index (χ0n) is 13.1. The molecule has 0 unspecified atom stereocenters. The Kier molecular flexibility index (Phi) is 6.10. The highest BCUT2D eigenvalue weighted by molar-refractivity contribution is 5.92. The number of aromatic amines is 1. The first-order valence-corrected chi connectivity index (χ1v) is 7.34. The van der Waals surface area contributed by atoms with Gasteiger partial charge in [-0.2, -0.15) is 5.10 Å². The molecule has 1 atom stereocenters. The van der Waals surface area contributed by atoms with Crippen LogP contribution in [0.25, 0.3) is 0 Å². The molecule has 2 rings (SSSR count). The van der Waals surface area contributed by atoms with Crippen molar-refractivity contribution in [3.63, 3.8) is 0 Å². The fourth-order valence-electron chi connectivity index (χ4n) is 1.99. The van der Waals surface area contributed by atoms with Gasteiger partial charge in [0.1, 0.15) is 23.9 Å². The first-order valence-electron chi connectivity index (χ1n) is 7.34. The molecule has 1 heterocycles. The van der Waals surface area contributed by atoms with Crippen LogP contribution in [0.1, 0.15) is 29.5 Å². The molecule has 23 heavy (non-hydrogen) atoms. The highest BCUT2D eigenvalue weighted by atomic mass is 19.1. The molecule has 1 aromatic heterocycles. The minimum atomic E-state index is -0.365. The molecule has 7 heteroatoms. The largest absolute Gasteiger partial charge is 0.487 e. The van der Waals surface area contributed by atoms with Crippen LogP contribution < -0.4 is 10.1 Å². The third kappa shape index (κ3) is 5.07. The molecule has 2 aromatic rings. The van der Waals surface area contributed by atoms with E-state index in [0.29, 0.717) is 18.1 Å². The van der Waals surface area contributed by atoms with Crippen LogP contribution in [0.15, 0.2) is 30.3 Å². The van der Waals surface area contributed by atoms with Crippen molar-refractivity contribution in [1.29, 1.82) is 0 Å². The van der Waals surface area contributed by atoms with Gasteiger partial charge in [-0.25, -0.2) is 4.39 Å². The van der Waals surface area contributed by atoms with Gasteiger partial charge >= 0.3 is 0 Å². The Bertz CT molecular complexity index is 645. The van der Waals surface area contributed by atoms with E-state index in [1.54, 1.807) is 25.3 Å². The van der Waals surface area contributed by atoms with Gasteiger partial charge < -0.3 is 14.8 Å². The average Bonchev–Trinajstić information content (AvgIpc) is 3.01. The zero-order valence-corrected chi connectivity index (χ0v) is 13.1. The smallest absolute Gasteiger partial charge is 0.272 e. The first-order chi connectivity index (χ1) is 11.1. The second-order valence-corrected chi connectivity index (χ2v) is 5.06.